The van der Waals surface area contributed by atoms with E-state index in [1.54, 1.807) is 0 Å². The highest BCUT2D eigenvalue weighted by molar-refractivity contribution is 7.89. The van der Waals surface area contributed by atoms with Crippen molar-refractivity contribution in [2.75, 3.05) is 7.05 Å². The van der Waals surface area contributed by atoms with Gasteiger partial charge in [0, 0.05) is 11.1 Å². The number of nitrogens with zero attached hydrogens (tertiary/aromatic N) is 2. The molecule has 0 aliphatic heterocycles. The predicted molar refractivity (Wildman–Crippen MR) is 113 cm³/mol. The summed E-state index contributed by atoms with van der Waals surface area (Å²) in [6.07, 6.45) is -4.86. The average molecular weight is 506 g/mol. The standard InChI is InChI=1S/C19H15ClF3N3O4S2/c1-24-32(29,30)14-8-6-12(7-9-14)15-16(25-18(19(21,22)23)26-17(15)20)13-4-2-11(3-5-13)10-31(27)28/h2-9,24,31H,10H2,1H3. The van der Waals surface area contributed by atoms with Gasteiger partial charge in [0.15, 0.2) is 0 Å². The van der Waals surface area contributed by atoms with Crippen molar-refractivity contribution in [3.05, 3.63) is 65.1 Å². The van der Waals surface area contributed by atoms with Crippen LogP contribution >= 0.6 is 11.6 Å². The number of benzene rings is 2. The molecule has 1 aromatic heterocycles. The summed E-state index contributed by atoms with van der Waals surface area (Å²) < 4.78 is 87.8. The fourth-order valence-corrected chi connectivity index (χ4v) is 4.38. The molecule has 0 spiro atoms. The van der Waals surface area contributed by atoms with E-state index in [2.05, 4.69) is 14.7 Å². The zero-order valence-corrected chi connectivity index (χ0v) is 18.7. The molecule has 0 fully saturated rings. The third kappa shape index (κ3) is 5.26. The molecule has 0 saturated carbocycles. The maximum Gasteiger partial charge on any atom is 0.451 e. The molecule has 0 atom stereocenters. The van der Waals surface area contributed by atoms with Gasteiger partial charge in [-0.3, -0.25) is 0 Å². The molecule has 32 heavy (non-hydrogen) atoms. The van der Waals surface area contributed by atoms with Gasteiger partial charge in [-0.05, 0) is 30.3 Å². The van der Waals surface area contributed by atoms with Crippen molar-refractivity contribution >= 4 is 32.3 Å². The summed E-state index contributed by atoms with van der Waals surface area (Å²) in [6.45, 7) is 0. The van der Waals surface area contributed by atoms with Crippen molar-refractivity contribution < 1.29 is 30.0 Å². The fourth-order valence-electron chi connectivity index (χ4n) is 2.86. The maximum absolute atomic E-state index is 13.3. The number of rotatable bonds is 6. The number of hydrogen-bond donors (Lipinski definition) is 2. The molecule has 1 heterocycles. The number of sulfonamides is 1. The molecule has 7 nitrogen and oxygen atoms in total. The summed E-state index contributed by atoms with van der Waals surface area (Å²) in [5.74, 6) is -1.66. The predicted octanol–water partition coefficient (Wildman–Crippen LogP) is 3.50. The van der Waals surface area contributed by atoms with E-state index in [1.807, 2.05) is 0 Å². The molecule has 13 heteroatoms. The first-order valence-corrected chi connectivity index (χ1v) is 12.0. The van der Waals surface area contributed by atoms with Crippen LogP contribution in [0.1, 0.15) is 11.4 Å². The molecule has 2 aromatic carbocycles. The van der Waals surface area contributed by atoms with Crippen LogP contribution in [-0.2, 0) is 32.7 Å². The van der Waals surface area contributed by atoms with Crippen LogP contribution in [-0.4, -0.2) is 33.9 Å². The Morgan fingerprint density at radius 1 is 0.969 bits per heavy atom. The monoisotopic (exact) mass is 505 g/mol. The lowest BCUT2D eigenvalue weighted by Gasteiger charge is -2.15. The lowest BCUT2D eigenvalue weighted by Crippen LogP contribution is -2.18. The zero-order chi connectivity index (χ0) is 23.7. The van der Waals surface area contributed by atoms with E-state index in [9.17, 15) is 30.0 Å². The Morgan fingerprint density at radius 3 is 2.03 bits per heavy atom. The molecule has 3 aromatic rings. The van der Waals surface area contributed by atoms with Crippen molar-refractivity contribution in [1.29, 1.82) is 0 Å². The molecular weight excluding hydrogens is 491 g/mol. The van der Waals surface area contributed by atoms with E-state index < -0.39 is 37.9 Å². The van der Waals surface area contributed by atoms with Gasteiger partial charge in [-0.15, -0.1) is 0 Å². The average Bonchev–Trinajstić information content (AvgIpc) is 2.73. The summed E-state index contributed by atoms with van der Waals surface area (Å²) >= 11 is 6.12. The summed E-state index contributed by atoms with van der Waals surface area (Å²) in [4.78, 5) is 6.98. The van der Waals surface area contributed by atoms with Crippen LogP contribution < -0.4 is 4.72 Å². The largest absolute Gasteiger partial charge is 0.451 e. The third-order valence-electron chi connectivity index (χ3n) is 4.38. The molecule has 0 amide bonds. The quantitative estimate of drug-likeness (QED) is 0.392. The van der Waals surface area contributed by atoms with E-state index >= 15 is 0 Å². The number of alkyl halides is 3. The van der Waals surface area contributed by atoms with Gasteiger partial charge in [0.25, 0.3) is 0 Å². The lowest BCUT2D eigenvalue weighted by molar-refractivity contribution is -0.144. The zero-order valence-electron chi connectivity index (χ0n) is 16.2. The summed E-state index contributed by atoms with van der Waals surface area (Å²) in [5, 5.41) is -0.474. The molecule has 3 rings (SSSR count). The topological polar surface area (TPSA) is 106 Å². The second kappa shape index (κ2) is 9.14. The first-order chi connectivity index (χ1) is 14.9. The van der Waals surface area contributed by atoms with Crippen LogP contribution in [0.3, 0.4) is 0 Å². The molecule has 0 aliphatic rings. The van der Waals surface area contributed by atoms with Gasteiger partial charge in [-0.25, -0.2) is 31.5 Å². The Labute approximate surface area is 188 Å². The Kier molecular flexibility index (Phi) is 6.89. The van der Waals surface area contributed by atoms with E-state index in [1.165, 1.54) is 55.6 Å². The molecule has 0 bridgehead atoms. The van der Waals surface area contributed by atoms with Crippen molar-refractivity contribution in [3.8, 4) is 22.4 Å². The lowest BCUT2D eigenvalue weighted by atomic mass is 10.00. The summed E-state index contributed by atoms with van der Waals surface area (Å²) in [5.41, 5.74) is 0.909. The van der Waals surface area contributed by atoms with E-state index in [0.717, 1.165) is 0 Å². The Morgan fingerprint density at radius 2 is 1.53 bits per heavy atom. The normalized spacial score (nSPS) is 12.3. The number of aromatic nitrogens is 2. The van der Waals surface area contributed by atoms with Crippen LogP contribution in [0.2, 0.25) is 5.15 Å². The molecular formula is C19H15ClF3N3O4S2. The van der Waals surface area contributed by atoms with Crippen LogP contribution in [0.4, 0.5) is 13.2 Å². The molecule has 0 radical (unpaired) electrons. The number of hydrogen-bond acceptors (Lipinski definition) is 6. The highest BCUT2D eigenvalue weighted by Gasteiger charge is 2.36. The Hall–Kier alpha value is -2.54. The highest BCUT2D eigenvalue weighted by Crippen LogP contribution is 2.38. The van der Waals surface area contributed by atoms with Gasteiger partial charge < -0.3 is 0 Å². The maximum atomic E-state index is 13.3. The minimum absolute atomic E-state index is 0.0506. The Bertz CT molecular complexity index is 1320. The van der Waals surface area contributed by atoms with Gasteiger partial charge >= 0.3 is 6.18 Å². The van der Waals surface area contributed by atoms with Crippen LogP contribution in [0.25, 0.3) is 22.4 Å². The minimum Gasteiger partial charge on any atom is -0.232 e. The van der Waals surface area contributed by atoms with Crippen LogP contribution in [0.5, 0.6) is 0 Å². The fraction of sp³-hybridized carbons (Fsp3) is 0.158. The van der Waals surface area contributed by atoms with Gasteiger partial charge in [0.1, 0.15) is 15.9 Å². The molecule has 0 aliphatic carbocycles. The van der Waals surface area contributed by atoms with E-state index in [-0.39, 0.29) is 27.5 Å². The van der Waals surface area contributed by atoms with Gasteiger partial charge in [-0.2, -0.15) is 13.2 Å². The van der Waals surface area contributed by atoms with Gasteiger partial charge in [-0.1, -0.05) is 48.0 Å². The second-order valence-electron chi connectivity index (χ2n) is 6.48. The SMILES string of the molecule is CNS(=O)(=O)c1ccc(-c2c(Cl)nc(C(F)(F)F)nc2-c2ccc(C[SH](=O)=O)cc2)cc1. The molecule has 170 valence electrons. The minimum atomic E-state index is -4.86. The van der Waals surface area contributed by atoms with Gasteiger partial charge in [0.05, 0.1) is 16.3 Å². The second-order valence-corrected chi connectivity index (χ2v) is 9.71. The van der Waals surface area contributed by atoms with Crippen molar-refractivity contribution in [1.82, 2.24) is 14.7 Å². The Balaban J connectivity index is 2.20. The molecule has 0 saturated heterocycles. The molecule has 1 N–H and O–H groups in total. The number of nitrogens with one attached hydrogen (secondary N) is 1. The number of halogens is 4. The van der Waals surface area contributed by atoms with Crippen LogP contribution in [0, 0.1) is 0 Å². The third-order valence-corrected chi connectivity index (χ3v) is 6.71. The number of thiol groups is 1. The van der Waals surface area contributed by atoms with Gasteiger partial charge in [0.2, 0.25) is 15.8 Å². The molecule has 0 unspecified atom stereocenters. The summed E-state index contributed by atoms with van der Waals surface area (Å²) in [6, 6.07) is 11.1. The summed E-state index contributed by atoms with van der Waals surface area (Å²) in [7, 11) is -5.15. The first-order valence-electron chi connectivity index (χ1n) is 8.82. The van der Waals surface area contributed by atoms with Crippen molar-refractivity contribution in [2.45, 2.75) is 16.8 Å². The first kappa shape index (κ1) is 24.1. The van der Waals surface area contributed by atoms with Crippen molar-refractivity contribution in [3.63, 3.8) is 0 Å². The van der Waals surface area contributed by atoms with E-state index in [4.69, 9.17) is 11.6 Å². The smallest absolute Gasteiger partial charge is 0.232 e. The highest BCUT2D eigenvalue weighted by atomic mass is 35.5. The van der Waals surface area contributed by atoms with Crippen molar-refractivity contribution in [2.24, 2.45) is 0 Å². The van der Waals surface area contributed by atoms with Crippen LogP contribution in [0.15, 0.2) is 53.4 Å². The van der Waals surface area contributed by atoms with E-state index in [0.29, 0.717) is 11.1 Å².